The van der Waals surface area contributed by atoms with Crippen LogP contribution in [-0.2, 0) is 18.4 Å². The molecule has 1 aromatic heterocycles. The molecule has 2 rings (SSSR count). The molecule has 1 aliphatic rings. The predicted octanol–water partition coefficient (Wildman–Crippen LogP) is 1.35. The molecule has 0 spiro atoms. The van der Waals surface area contributed by atoms with Crippen LogP contribution in [0.2, 0.25) is 0 Å². The molecule has 2 atom stereocenters. The van der Waals surface area contributed by atoms with Crippen molar-refractivity contribution < 1.29 is 4.79 Å². The van der Waals surface area contributed by atoms with E-state index in [2.05, 4.69) is 5.10 Å². The lowest BCUT2D eigenvalue weighted by Gasteiger charge is -2.22. The highest BCUT2D eigenvalue weighted by atomic mass is 35.5. The van der Waals surface area contributed by atoms with Crippen LogP contribution in [0.15, 0.2) is 12.4 Å². The lowest BCUT2D eigenvalue weighted by molar-refractivity contribution is -0.134. The molecule has 2 unspecified atom stereocenters. The van der Waals surface area contributed by atoms with Crippen LogP contribution in [0.5, 0.6) is 0 Å². The van der Waals surface area contributed by atoms with Crippen LogP contribution in [0.3, 0.4) is 0 Å². The first-order chi connectivity index (χ1) is 8.08. The van der Waals surface area contributed by atoms with Gasteiger partial charge >= 0.3 is 0 Å². The maximum Gasteiger partial charge on any atom is 0.227 e. The molecule has 1 fully saturated rings. The van der Waals surface area contributed by atoms with E-state index < -0.39 is 0 Å². The minimum absolute atomic E-state index is 0. The molecule has 0 radical (unpaired) electrons. The number of carbonyl (C=O) groups is 1. The molecular formula is C12H22Cl2N4O. The van der Waals surface area contributed by atoms with Gasteiger partial charge in [0.2, 0.25) is 5.91 Å². The summed E-state index contributed by atoms with van der Waals surface area (Å²) in [6, 6.07) is 0.0406. The Morgan fingerprint density at radius 1 is 1.53 bits per heavy atom. The Morgan fingerprint density at radius 2 is 2.21 bits per heavy atom. The van der Waals surface area contributed by atoms with E-state index in [1.807, 2.05) is 20.3 Å². The molecule has 2 N–H and O–H groups in total. The highest BCUT2D eigenvalue weighted by Crippen LogP contribution is 2.25. The molecule has 1 amide bonds. The molecule has 0 aliphatic heterocycles. The number of nitrogens with two attached hydrogens (primary N) is 1. The molecule has 1 aliphatic carbocycles. The van der Waals surface area contributed by atoms with Crippen LogP contribution in [-0.4, -0.2) is 33.7 Å². The number of carbonyl (C=O) groups excluding carboxylic acids is 1. The fourth-order valence-electron chi connectivity index (χ4n) is 2.48. The molecule has 110 valence electrons. The van der Waals surface area contributed by atoms with Crippen molar-refractivity contribution in [2.75, 3.05) is 7.05 Å². The van der Waals surface area contributed by atoms with E-state index in [0.717, 1.165) is 24.8 Å². The van der Waals surface area contributed by atoms with Gasteiger partial charge in [-0.25, -0.2) is 0 Å². The Kier molecular flexibility index (Phi) is 7.41. The van der Waals surface area contributed by atoms with Crippen LogP contribution in [0.4, 0.5) is 0 Å². The van der Waals surface area contributed by atoms with Gasteiger partial charge in [-0.1, -0.05) is 6.42 Å². The third kappa shape index (κ3) is 4.37. The quantitative estimate of drug-likeness (QED) is 0.916. The van der Waals surface area contributed by atoms with Crippen molar-refractivity contribution in [1.82, 2.24) is 14.7 Å². The van der Waals surface area contributed by atoms with Crippen molar-refractivity contribution >= 4 is 30.7 Å². The first kappa shape index (κ1) is 18.2. The van der Waals surface area contributed by atoms with Crippen LogP contribution >= 0.6 is 24.8 Å². The summed E-state index contributed by atoms with van der Waals surface area (Å²) >= 11 is 0. The van der Waals surface area contributed by atoms with E-state index in [9.17, 15) is 4.79 Å². The van der Waals surface area contributed by atoms with E-state index in [0.29, 0.717) is 6.54 Å². The molecule has 0 saturated heterocycles. The summed E-state index contributed by atoms with van der Waals surface area (Å²) in [5.74, 6) is 0.176. The van der Waals surface area contributed by atoms with Gasteiger partial charge in [0.15, 0.2) is 0 Å². The molecule has 7 heteroatoms. The summed E-state index contributed by atoms with van der Waals surface area (Å²) in [6.45, 7) is 0.607. The second-order valence-corrected chi connectivity index (χ2v) is 4.92. The fraction of sp³-hybridized carbons (Fsp3) is 0.667. The van der Waals surface area contributed by atoms with E-state index in [4.69, 9.17) is 5.73 Å². The molecule has 5 nitrogen and oxygen atoms in total. The number of aromatic nitrogens is 2. The monoisotopic (exact) mass is 308 g/mol. The number of nitrogens with zero attached hydrogens (tertiary/aromatic N) is 3. The third-order valence-electron chi connectivity index (χ3n) is 3.44. The van der Waals surface area contributed by atoms with E-state index in [1.165, 1.54) is 0 Å². The largest absolute Gasteiger partial charge is 0.341 e. The molecule has 0 bridgehead atoms. The second kappa shape index (κ2) is 7.72. The first-order valence-electron chi connectivity index (χ1n) is 6.06. The Labute approximate surface area is 126 Å². The topological polar surface area (TPSA) is 64.2 Å². The normalized spacial score (nSPS) is 21.4. The Bertz CT molecular complexity index is 410. The standard InChI is InChI=1S/C12H20N4O.2ClH/c1-15(7-9-6-14-16(2)8-9)12(17)10-4-3-5-11(10)13;;/h6,8,10-11H,3-5,7,13H2,1-2H3;2*1H. The lowest BCUT2D eigenvalue weighted by Crippen LogP contribution is -2.39. The van der Waals surface area contributed by atoms with Crippen molar-refractivity contribution in [3.05, 3.63) is 18.0 Å². The number of hydrogen-bond donors (Lipinski definition) is 1. The molecule has 19 heavy (non-hydrogen) atoms. The average molecular weight is 309 g/mol. The average Bonchev–Trinajstić information content (AvgIpc) is 2.86. The number of rotatable bonds is 3. The minimum Gasteiger partial charge on any atom is -0.341 e. The maximum atomic E-state index is 12.2. The van der Waals surface area contributed by atoms with Gasteiger partial charge in [0.25, 0.3) is 0 Å². The van der Waals surface area contributed by atoms with E-state index >= 15 is 0 Å². The minimum atomic E-state index is 0. The predicted molar refractivity (Wildman–Crippen MR) is 79.5 cm³/mol. The van der Waals surface area contributed by atoms with Gasteiger partial charge in [-0.15, -0.1) is 24.8 Å². The van der Waals surface area contributed by atoms with Gasteiger partial charge in [-0.05, 0) is 12.8 Å². The first-order valence-corrected chi connectivity index (χ1v) is 6.06. The zero-order chi connectivity index (χ0) is 12.4. The van der Waals surface area contributed by atoms with Crippen molar-refractivity contribution in [2.45, 2.75) is 31.8 Å². The van der Waals surface area contributed by atoms with E-state index in [-0.39, 0.29) is 42.7 Å². The zero-order valence-corrected chi connectivity index (χ0v) is 12.9. The fourth-order valence-corrected chi connectivity index (χ4v) is 2.48. The molecule has 1 saturated carbocycles. The highest BCUT2D eigenvalue weighted by molar-refractivity contribution is 5.85. The summed E-state index contributed by atoms with van der Waals surface area (Å²) < 4.78 is 1.74. The summed E-state index contributed by atoms with van der Waals surface area (Å²) in [7, 11) is 3.71. The zero-order valence-electron chi connectivity index (χ0n) is 11.3. The van der Waals surface area contributed by atoms with Crippen molar-refractivity contribution in [3.63, 3.8) is 0 Å². The number of hydrogen-bond acceptors (Lipinski definition) is 3. The van der Waals surface area contributed by atoms with Gasteiger partial charge in [0.1, 0.15) is 0 Å². The Hall–Kier alpha value is -0.780. The molecule has 1 aromatic rings. The van der Waals surface area contributed by atoms with Gasteiger partial charge < -0.3 is 10.6 Å². The number of aryl methyl sites for hydroxylation is 1. The summed E-state index contributed by atoms with van der Waals surface area (Å²) in [5, 5.41) is 4.10. The smallest absolute Gasteiger partial charge is 0.227 e. The Morgan fingerprint density at radius 3 is 2.68 bits per heavy atom. The third-order valence-corrected chi connectivity index (χ3v) is 3.44. The molecular weight excluding hydrogens is 287 g/mol. The maximum absolute atomic E-state index is 12.2. The summed E-state index contributed by atoms with van der Waals surface area (Å²) in [5.41, 5.74) is 7.00. The second-order valence-electron chi connectivity index (χ2n) is 4.92. The van der Waals surface area contributed by atoms with Crippen molar-refractivity contribution in [3.8, 4) is 0 Å². The van der Waals surface area contributed by atoms with Crippen LogP contribution in [0.25, 0.3) is 0 Å². The lowest BCUT2D eigenvalue weighted by atomic mass is 10.0. The van der Waals surface area contributed by atoms with Gasteiger partial charge in [0, 0.05) is 38.4 Å². The van der Waals surface area contributed by atoms with Crippen molar-refractivity contribution in [2.24, 2.45) is 18.7 Å². The highest BCUT2D eigenvalue weighted by Gasteiger charge is 2.32. The summed E-state index contributed by atoms with van der Waals surface area (Å²) in [4.78, 5) is 13.9. The van der Waals surface area contributed by atoms with Crippen LogP contribution < -0.4 is 5.73 Å². The number of halogens is 2. The SMILES string of the molecule is CN(Cc1cnn(C)c1)C(=O)C1CCCC1N.Cl.Cl. The molecule has 0 aromatic carbocycles. The van der Waals surface area contributed by atoms with Crippen LogP contribution in [0, 0.1) is 5.92 Å². The van der Waals surface area contributed by atoms with Crippen molar-refractivity contribution in [1.29, 1.82) is 0 Å². The molecule has 1 heterocycles. The van der Waals surface area contributed by atoms with Gasteiger partial charge in [-0.3, -0.25) is 9.48 Å². The van der Waals surface area contributed by atoms with Gasteiger partial charge in [-0.2, -0.15) is 5.10 Å². The number of amides is 1. The van der Waals surface area contributed by atoms with Crippen LogP contribution in [0.1, 0.15) is 24.8 Å². The Balaban J connectivity index is 0.00000162. The van der Waals surface area contributed by atoms with Gasteiger partial charge in [0.05, 0.1) is 12.1 Å². The van der Waals surface area contributed by atoms with E-state index in [1.54, 1.807) is 15.8 Å². The summed E-state index contributed by atoms with van der Waals surface area (Å²) in [6.07, 6.45) is 6.68.